The van der Waals surface area contributed by atoms with Crippen molar-refractivity contribution in [3.63, 3.8) is 0 Å². The van der Waals surface area contributed by atoms with Crippen molar-refractivity contribution in [1.29, 1.82) is 0 Å². The third kappa shape index (κ3) is 4.57. The Morgan fingerprint density at radius 1 is 1.32 bits per heavy atom. The minimum absolute atomic E-state index is 0.0333. The number of amides is 1. The molecule has 3 aromatic heterocycles. The predicted octanol–water partition coefficient (Wildman–Crippen LogP) is -3.02. The second-order valence-corrected chi connectivity index (χ2v) is 8.62. The van der Waals surface area contributed by atoms with Crippen molar-refractivity contribution in [1.82, 2.24) is 24.2 Å². The number of nitrogens with two attached hydrogens (primary N) is 2. The van der Waals surface area contributed by atoms with Crippen molar-refractivity contribution >= 4 is 33.2 Å². The molecule has 0 aromatic carbocycles. The summed E-state index contributed by atoms with van der Waals surface area (Å²) in [6.45, 7) is -1.54. The summed E-state index contributed by atoms with van der Waals surface area (Å²) in [7, 11) is -4.64. The molecule has 34 heavy (non-hydrogen) atoms. The lowest BCUT2D eigenvalue weighted by molar-refractivity contribution is -0.121. The molecule has 0 saturated carbocycles. The molecule has 0 bridgehead atoms. The van der Waals surface area contributed by atoms with Gasteiger partial charge in [-0.3, -0.25) is 13.5 Å². The molecule has 17 heteroatoms. The molecule has 0 unspecified atom stereocenters. The lowest BCUT2D eigenvalue weighted by Crippen LogP contribution is -2.46. The zero-order valence-electron chi connectivity index (χ0n) is 17.3. The zero-order chi connectivity index (χ0) is 24.6. The average molecular weight is 499 g/mol. The van der Waals surface area contributed by atoms with E-state index in [2.05, 4.69) is 19.1 Å². The highest BCUT2D eigenvalue weighted by Gasteiger charge is 2.45. The third-order valence-electron chi connectivity index (χ3n) is 4.95. The van der Waals surface area contributed by atoms with Crippen LogP contribution in [0.1, 0.15) is 6.23 Å². The number of aliphatic hydroxyl groups is 3. The van der Waals surface area contributed by atoms with E-state index in [-0.39, 0.29) is 22.8 Å². The van der Waals surface area contributed by atoms with E-state index in [1.165, 1.54) is 21.9 Å². The van der Waals surface area contributed by atoms with Gasteiger partial charge in [-0.05, 0) is 12.1 Å². The number of nitrogens with one attached hydrogen (secondary N) is 1. The largest absolute Gasteiger partial charge is 0.461 e. The van der Waals surface area contributed by atoms with Gasteiger partial charge in [0.05, 0.1) is 25.8 Å². The summed E-state index contributed by atoms with van der Waals surface area (Å²) in [5.41, 5.74) is 11.6. The zero-order valence-corrected chi connectivity index (χ0v) is 18.1. The Bertz CT molecular complexity index is 1280. The van der Waals surface area contributed by atoms with E-state index in [0.29, 0.717) is 5.76 Å². The number of ether oxygens (including phenoxy) is 1. The van der Waals surface area contributed by atoms with Crippen LogP contribution in [0.4, 0.5) is 5.82 Å². The van der Waals surface area contributed by atoms with Crippen molar-refractivity contribution < 1.29 is 41.9 Å². The molecular formula is C17H21N7O9S. The Hall–Kier alpha value is -3.19. The quantitative estimate of drug-likeness (QED) is 0.180. The number of rotatable bonds is 8. The van der Waals surface area contributed by atoms with Crippen LogP contribution in [-0.4, -0.2) is 86.7 Å². The van der Waals surface area contributed by atoms with Crippen molar-refractivity contribution in [3.8, 4) is 11.6 Å². The Morgan fingerprint density at radius 3 is 2.76 bits per heavy atom. The molecule has 184 valence electrons. The first-order valence-electron chi connectivity index (χ1n) is 9.74. The van der Waals surface area contributed by atoms with Crippen LogP contribution < -0.4 is 16.2 Å². The summed E-state index contributed by atoms with van der Waals surface area (Å²) >= 11 is 0. The lowest BCUT2D eigenvalue weighted by Gasteiger charge is -2.17. The number of furan rings is 1. The van der Waals surface area contributed by atoms with Gasteiger partial charge in [-0.25, -0.2) is 19.7 Å². The van der Waals surface area contributed by atoms with E-state index in [1.807, 2.05) is 0 Å². The van der Waals surface area contributed by atoms with Gasteiger partial charge in [-0.1, -0.05) is 0 Å². The number of aromatic nitrogens is 4. The number of aliphatic hydroxyl groups excluding tert-OH is 3. The summed E-state index contributed by atoms with van der Waals surface area (Å²) in [4.78, 5) is 24.1. The molecular weight excluding hydrogens is 478 g/mol. The Labute approximate surface area is 191 Å². The summed E-state index contributed by atoms with van der Waals surface area (Å²) in [6.07, 6.45) is -2.98. The van der Waals surface area contributed by atoms with Gasteiger partial charge >= 0.3 is 10.3 Å². The Kier molecular flexibility index (Phi) is 6.49. The van der Waals surface area contributed by atoms with Gasteiger partial charge in [-0.15, -0.1) is 0 Å². The molecule has 5 atom stereocenters. The van der Waals surface area contributed by atoms with Crippen LogP contribution in [0.25, 0.3) is 22.7 Å². The van der Waals surface area contributed by atoms with Crippen molar-refractivity contribution in [3.05, 3.63) is 24.7 Å². The fraction of sp³-hybridized carbons (Fsp3) is 0.412. The molecule has 1 saturated heterocycles. The minimum atomic E-state index is -4.64. The van der Waals surface area contributed by atoms with Crippen LogP contribution in [0.3, 0.4) is 0 Å². The van der Waals surface area contributed by atoms with Gasteiger partial charge in [0.15, 0.2) is 29.3 Å². The molecule has 3 aromatic rings. The number of carbonyl (C=O) groups excluding carboxylic acids is 1. The second kappa shape index (κ2) is 9.22. The SMILES string of the molecule is Nc1nc(-c2ccco2)nc2c1ncn2[C@@H]1O[C@H](COS(=O)(=O)NC(=O)[C@@H](N)CO)[C@@H](O)[C@H]1O. The first-order chi connectivity index (χ1) is 16.1. The highest BCUT2D eigenvalue weighted by molar-refractivity contribution is 7.85. The maximum Gasteiger partial charge on any atom is 0.362 e. The highest BCUT2D eigenvalue weighted by Crippen LogP contribution is 2.33. The van der Waals surface area contributed by atoms with Crippen LogP contribution in [0.2, 0.25) is 0 Å². The van der Waals surface area contributed by atoms with Crippen LogP contribution in [0.15, 0.2) is 29.1 Å². The highest BCUT2D eigenvalue weighted by atomic mass is 32.2. The number of nitrogens with zero attached hydrogens (tertiary/aromatic N) is 4. The van der Waals surface area contributed by atoms with Crippen LogP contribution in [0, 0.1) is 0 Å². The number of hydrogen-bond acceptors (Lipinski definition) is 14. The van der Waals surface area contributed by atoms with Gasteiger partial charge in [0.2, 0.25) is 0 Å². The second-order valence-electron chi connectivity index (χ2n) is 7.27. The molecule has 1 aliphatic heterocycles. The summed E-state index contributed by atoms with van der Waals surface area (Å²) in [5, 5.41) is 29.7. The first kappa shape index (κ1) is 24.0. The molecule has 1 aliphatic rings. The maximum absolute atomic E-state index is 11.9. The number of nitrogen functional groups attached to an aromatic ring is 1. The molecule has 0 spiro atoms. The van der Waals surface area contributed by atoms with Crippen molar-refractivity contribution in [2.45, 2.75) is 30.6 Å². The molecule has 4 rings (SSSR count). The molecule has 0 aliphatic carbocycles. The fourth-order valence-electron chi connectivity index (χ4n) is 3.21. The van der Waals surface area contributed by atoms with Crippen molar-refractivity contribution in [2.24, 2.45) is 5.73 Å². The Morgan fingerprint density at radius 2 is 2.09 bits per heavy atom. The number of hydrogen-bond donors (Lipinski definition) is 6. The van der Waals surface area contributed by atoms with Crippen LogP contribution >= 0.6 is 0 Å². The van der Waals surface area contributed by atoms with E-state index in [1.54, 1.807) is 12.1 Å². The average Bonchev–Trinajstić information content (AvgIpc) is 3.53. The third-order valence-corrected chi connectivity index (χ3v) is 5.85. The van der Waals surface area contributed by atoms with Gasteiger partial charge in [0, 0.05) is 0 Å². The number of carbonyl (C=O) groups is 1. The number of anilines is 1. The monoisotopic (exact) mass is 499 g/mol. The lowest BCUT2D eigenvalue weighted by atomic mass is 10.1. The van der Waals surface area contributed by atoms with E-state index in [0.717, 1.165) is 0 Å². The topological polar surface area (TPSA) is 251 Å². The van der Waals surface area contributed by atoms with E-state index >= 15 is 0 Å². The predicted molar refractivity (Wildman–Crippen MR) is 111 cm³/mol. The van der Waals surface area contributed by atoms with Gasteiger partial charge in [0.25, 0.3) is 5.91 Å². The van der Waals surface area contributed by atoms with Gasteiger partial charge in [-0.2, -0.15) is 8.42 Å². The molecule has 16 nitrogen and oxygen atoms in total. The fourth-order valence-corrected chi connectivity index (χ4v) is 3.98. The van der Waals surface area contributed by atoms with Crippen molar-refractivity contribution in [2.75, 3.05) is 18.9 Å². The standard InChI is InChI=1S/C17H21N7O9S/c18-7(4-25)16(28)23-34(29,30)32-5-9-11(26)12(27)17(33-9)24-6-20-10-13(19)21-14(22-15(10)24)8-2-1-3-31-8/h1-3,6-7,9,11-12,17,25-27H,4-5,18H2,(H,23,28)(H2,19,21,22)/t7-,9+,11+,12+,17+/m0/s1. The smallest absolute Gasteiger partial charge is 0.362 e. The maximum atomic E-state index is 11.9. The summed E-state index contributed by atoms with van der Waals surface area (Å²) in [6, 6.07) is 1.77. The van der Waals surface area contributed by atoms with E-state index in [9.17, 15) is 23.4 Å². The summed E-state index contributed by atoms with van der Waals surface area (Å²) < 4.78 is 42.2. The number of fused-ring (bicyclic) bond motifs is 1. The molecule has 0 radical (unpaired) electrons. The van der Waals surface area contributed by atoms with E-state index in [4.69, 9.17) is 25.7 Å². The normalized spacial score (nSPS) is 23.9. The Balaban J connectivity index is 1.53. The van der Waals surface area contributed by atoms with Crippen LogP contribution in [0.5, 0.6) is 0 Å². The van der Waals surface area contributed by atoms with Crippen LogP contribution in [-0.2, 0) is 24.0 Å². The summed E-state index contributed by atoms with van der Waals surface area (Å²) in [5.74, 6) is -0.685. The molecule has 1 amide bonds. The first-order valence-corrected chi connectivity index (χ1v) is 11.1. The molecule has 1 fully saturated rings. The molecule has 4 heterocycles. The van der Waals surface area contributed by atoms with Gasteiger partial charge < -0.3 is 35.9 Å². The van der Waals surface area contributed by atoms with Gasteiger partial charge in [0.1, 0.15) is 29.9 Å². The minimum Gasteiger partial charge on any atom is -0.461 e. The number of imidazole rings is 1. The molecule has 8 N–H and O–H groups in total. The van der Waals surface area contributed by atoms with E-state index < -0.39 is 60.0 Å².